The molecule has 2 saturated carbocycles. The molecule has 2 aliphatic heterocycles. The molecule has 2 saturated heterocycles. The fraction of sp³-hybridized carbons (Fsp3) is 0.818. The zero-order chi connectivity index (χ0) is 19.8. The van der Waals surface area contributed by atoms with E-state index in [-0.39, 0.29) is 52.4 Å². The molecule has 0 spiro atoms. The number of hydrogen-bond donors (Lipinski definition) is 0. The van der Waals surface area contributed by atoms with Gasteiger partial charge < -0.3 is 14.2 Å². The van der Waals surface area contributed by atoms with Crippen LogP contribution in [0.1, 0.15) is 66.7 Å². The number of carbonyl (C=O) groups excluding carboxylic acids is 2. The van der Waals surface area contributed by atoms with Crippen LogP contribution in [0.3, 0.4) is 0 Å². The number of epoxide rings is 2. The van der Waals surface area contributed by atoms with Crippen LogP contribution in [0.4, 0.5) is 0 Å². The topological polar surface area (TPSA) is 68.4 Å². The highest BCUT2D eigenvalue weighted by Crippen LogP contribution is 2.57. The first kappa shape index (κ1) is 19.1. The van der Waals surface area contributed by atoms with Crippen LogP contribution in [0.15, 0.2) is 12.2 Å². The monoisotopic (exact) mass is 376 g/mol. The molecule has 0 amide bonds. The Morgan fingerprint density at radius 3 is 2.48 bits per heavy atom. The average molecular weight is 376 g/mol. The molecule has 4 rings (SSSR count). The first-order valence-corrected chi connectivity index (χ1v) is 10.2. The Bertz CT molecular complexity index is 697. The molecule has 3 unspecified atom stereocenters. The second-order valence-corrected chi connectivity index (χ2v) is 10.1. The summed E-state index contributed by atoms with van der Waals surface area (Å²) in [6.07, 6.45) is 3.85. The number of Topliss-reactive ketones (excluding diaryl/α,β-unsaturated/α-hetero) is 1. The van der Waals surface area contributed by atoms with Crippen LogP contribution >= 0.6 is 0 Å². The number of esters is 1. The molecule has 0 radical (unpaired) electrons. The molecule has 0 aromatic heterocycles. The van der Waals surface area contributed by atoms with Crippen LogP contribution in [0, 0.1) is 17.3 Å². The smallest absolute Gasteiger partial charge is 0.302 e. The second-order valence-electron chi connectivity index (χ2n) is 10.1. The highest BCUT2D eigenvalue weighted by Gasteiger charge is 2.62. The van der Waals surface area contributed by atoms with Crippen molar-refractivity contribution in [3.8, 4) is 0 Å². The summed E-state index contributed by atoms with van der Waals surface area (Å²) in [7, 11) is 0. The van der Waals surface area contributed by atoms with Crippen molar-refractivity contribution in [3.05, 3.63) is 12.2 Å². The number of fused-ring (bicyclic) bond motifs is 4. The van der Waals surface area contributed by atoms with Gasteiger partial charge in [0.2, 0.25) is 0 Å². The fourth-order valence-corrected chi connectivity index (χ4v) is 5.74. The summed E-state index contributed by atoms with van der Waals surface area (Å²) >= 11 is 0. The molecule has 150 valence electrons. The lowest BCUT2D eigenvalue weighted by Gasteiger charge is -2.48. The Morgan fingerprint density at radius 1 is 1.15 bits per heavy atom. The Morgan fingerprint density at radius 2 is 1.81 bits per heavy atom. The minimum Gasteiger partial charge on any atom is -0.462 e. The van der Waals surface area contributed by atoms with Crippen molar-refractivity contribution in [1.82, 2.24) is 0 Å². The third kappa shape index (κ3) is 3.17. The lowest BCUT2D eigenvalue weighted by molar-refractivity contribution is -0.155. The van der Waals surface area contributed by atoms with Crippen molar-refractivity contribution in [2.24, 2.45) is 17.3 Å². The molecule has 0 aromatic carbocycles. The van der Waals surface area contributed by atoms with Crippen LogP contribution in [0.2, 0.25) is 0 Å². The van der Waals surface area contributed by atoms with Crippen LogP contribution < -0.4 is 0 Å². The summed E-state index contributed by atoms with van der Waals surface area (Å²) in [6, 6.07) is 0. The minimum absolute atomic E-state index is 0.0928. The Hall–Kier alpha value is -1.20. The van der Waals surface area contributed by atoms with Crippen LogP contribution in [0.5, 0.6) is 0 Å². The highest BCUT2D eigenvalue weighted by atomic mass is 16.6. The normalized spacial score (nSPS) is 48.4. The first-order valence-electron chi connectivity index (χ1n) is 10.2. The van der Waals surface area contributed by atoms with Gasteiger partial charge in [0.05, 0.1) is 23.4 Å². The molecule has 0 aromatic rings. The molecule has 4 aliphatic rings. The van der Waals surface area contributed by atoms with Gasteiger partial charge in [-0.15, -0.1) is 0 Å². The van der Waals surface area contributed by atoms with E-state index >= 15 is 0 Å². The van der Waals surface area contributed by atoms with E-state index in [2.05, 4.69) is 34.3 Å². The summed E-state index contributed by atoms with van der Waals surface area (Å²) < 4.78 is 17.9. The van der Waals surface area contributed by atoms with E-state index in [1.807, 2.05) is 0 Å². The van der Waals surface area contributed by atoms with Gasteiger partial charge in [0.1, 0.15) is 6.10 Å². The van der Waals surface area contributed by atoms with Gasteiger partial charge in [-0.05, 0) is 50.0 Å². The zero-order valence-corrected chi connectivity index (χ0v) is 17.2. The van der Waals surface area contributed by atoms with Gasteiger partial charge in [-0.2, -0.15) is 0 Å². The van der Waals surface area contributed by atoms with Crippen LogP contribution in [0.25, 0.3) is 0 Å². The van der Waals surface area contributed by atoms with Crippen LogP contribution in [-0.2, 0) is 23.8 Å². The SMILES string of the molecule is C=C1C(=O)C[C@H]2CC3O[C@@]3(C)CCC3O[C@@]3(C)CC(OC(C)=O)[C@H]1C2(C)C. The van der Waals surface area contributed by atoms with Gasteiger partial charge in [-0.1, -0.05) is 20.4 Å². The predicted octanol–water partition coefficient (Wildman–Crippen LogP) is 3.59. The van der Waals surface area contributed by atoms with E-state index in [0.29, 0.717) is 18.4 Å². The van der Waals surface area contributed by atoms with Crippen molar-refractivity contribution in [1.29, 1.82) is 0 Å². The van der Waals surface area contributed by atoms with Crippen LogP contribution in [-0.4, -0.2) is 41.3 Å². The minimum atomic E-state index is -0.391. The Balaban J connectivity index is 1.72. The van der Waals surface area contributed by atoms with Gasteiger partial charge in [0.15, 0.2) is 5.78 Å². The van der Waals surface area contributed by atoms with E-state index in [0.717, 1.165) is 19.3 Å². The number of carbonyl (C=O) groups is 2. The van der Waals surface area contributed by atoms with E-state index < -0.39 is 6.10 Å². The number of rotatable bonds is 1. The van der Waals surface area contributed by atoms with Gasteiger partial charge >= 0.3 is 5.97 Å². The molecular formula is C22H32O5. The molecule has 5 heteroatoms. The summed E-state index contributed by atoms with van der Waals surface area (Å²) in [6.45, 7) is 14.2. The quantitative estimate of drug-likeness (QED) is 0.397. The molecule has 4 fully saturated rings. The number of ether oxygens (including phenoxy) is 3. The molecule has 2 aliphatic carbocycles. The predicted molar refractivity (Wildman–Crippen MR) is 100 cm³/mol. The van der Waals surface area contributed by atoms with Gasteiger partial charge in [-0.25, -0.2) is 0 Å². The van der Waals surface area contributed by atoms with E-state index in [9.17, 15) is 9.59 Å². The van der Waals surface area contributed by atoms with Crippen molar-refractivity contribution in [2.45, 2.75) is 96.2 Å². The molecule has 5 nitrogen and oxygen atoms in total. The third-order valence-electron chi connectivity index (χ3n) is 7.79. The summed E-state index contributed by atoms with van der Waals surface area (Å²) in [5.74, 6) is -0.226. The van der Waals surface area contributed by atoms with Gasteiger partial charge in [-0.3, -0.25) is 9.59 Å². The third-order valence-corrected chi connectivity index (χ3v) is 7.79. The van der Waals surface area contributed by atoms with Crippen molar-refractivity contribution in [3.63, 3.8) is 0 Å². The zero-order valence-electron chi connectivity index (χ0n) is 17.2. The second kappa shape index (κ2) is 5.90. The maximum atomic E-state index is 12.8. The molecule has 2 heterocycles. The molecule has 0 N–H and O–H groups in total. The standard InChI is InChI=1S/C22H32O5/c1-12-15(24)9-14-10-18-21(5,27-18)8-7-17-22(6,26-17)11-16(25-13(2)23)19(12)20(14,3)4/h14,16-19H,1,7-11H2,2-6H3/t14-,16?,17?,18?,19-,21-,22-/m0/s1. The Labute approximate surface area is 161 Å². The molecule has 2 bridgehead atoms. The summed E-state index contributed by atoms with van der Waals surface area (Å²) in [4.78, 5) is 24.7. The Kier molecular flexibility index (Phi) is 4.18. The van der Waals surface area contributed by atoms with Gasteiger partial charge in [0.25, 0.3) is 0 Å². The lowest BCUT2D eigenvalue weighted by atomic mass is 9.56. The molecular weight excluding hydrogens is 344 g/mol. The summed E-state index contributed by atoms with van der Waals surface area (Å²) in [5, 5.41) is 0. The van der Waals surface area contributed by atoms with E-state index in [1.54, 1.807) is 0 Å². The van der Waals surface area contributed by atoms with Gasteiger partial charge in [0, 0.05) is 25.7 Å². The number of hydrogen-bond acceptors (Lipinski definition) is 5. The maximum absolute atomic E-state index is 12.8. The van der Waals surface area contributed by atoms with Crippen molar-refractivity contribution >= 4 is 11.8 Å². The highest BCUT2D eigenvalue weighted by molar-refractivity contribution is 5.96. The maximum Gasteiger partial charge on any atom is 0.302 e. The number of ketones is 1. The van der Waals surface area contributed by atoms with E-state index in [4.69, 9.17) is 14.2 Å². The fourth-order valence-electron chi connectivity index (χ4n) is 5.74. The van der Waals surface area contributed by atoms with E-state index in [1.165, 1.54) is 6.92 Å². The largest absolute Gasteiger partial charge is 0.462 e. The average Bonchev–Trinajstić information content (AvgIpc) is 3.38. The summed E-state index contributed by atoms with van der Waals surface area (Å²) in [5.41, 5.74) is -0.0192. The molecule has 27 heavy (non-hydrogen) atoms. The van der Waals surface area contributed by atoms with Crippen molar-refractivity contribution in [2.75, 3.05) is 0 Å². The lowest BCUT2D eigenvalue weighted by Crippen LogP contribution is -2.49. The van der Waals surface area contributed by atoms with Crippen molar-refractivity contribution < 1.29 is 23.8 Å². The first-order chi connectivity index (χ1) is 12.5. The molecule has 7 atom stereocenters.